The fourth-order valence-electron chi connectivity index (χ4n) is 2.66. The first kappa shape index (κ1) is 16.7. The van der Waals surface area contributed by atoms with Crippen LogP contribution >= 0.6 is 0 Å². The Morgan fingerprint density at radius 3 is 2.68 bits per heavy atom. The van der Waals surface area contributed by atoms with Gasteiger partial charge < -0.3 is 9.64 Å². The minimum Gasteiger partial charge on any atom is -0.444 e. The molecule has 0 radical (unpaired) electrons. The lowest BCUT2D eigenvalue weighted by Crippen LogP contribution is -2.28. The van der Waals surface area contributed by atoms with Gasteiger partial charge in [0.15, 0.2) is 5.78 Å². The fraction of sp³-hybridized carbons (Fsp3) is 0.333. The number of hydrogen-bond acceptors (Lipinski definition) is 5. The molecule has 2 heterocycles. The number of cyclic esters (lactones) is 1. The number of hydrogen-bond donors (Lipinski definition) is 0. The van der Waals surface area contributed by atoms with Crippen LogP contribution in [0.25, 0.3) is 10.4 Å². The van der Waals surface area contributed by atoms with Crippen molar-refractivity contribution in [3.8, 4) is 0 Å². The average Bonchev–Trinajstić information content (AvgIpc) is 2.96. The van der Waals surface area contributed by atoms with E-state index in [2.05, 4.69) is 10.0 Å². The van der Waals surface area contributed by atoms with E-state index in [1.54, 1.807) is 0 Å². The second-order valence-corrected chi connectivity index (χ2v) is 5.51. The van der Waals surface area contributed by atoms with Gasteiger partial charge in [0.05, 0.1) is 24.5 Å². The van der Waals surface area contributed by atoms with Gasteiger partial charge in [-0.2, -0.15) is 0 Å². The molecule has 25 heavy (non-hydrogen) atoms. The van der Waals surface area contributed by atoms with Gasteiger partial charge >= 0.3 is 6.09 Å². The molecule has 10 heteroatoms. The number of halogens is 2. The van der Waals surface area contributed by atoms with Crippen LogP contribution in [0.4, 0.5) is 25.0 Å². The highest BCUT2D eigenvalue weighted by Gasteiger charge is 2.34. The van der Waals surface area contributed by atoms with E-state index in [0.29, 0.717) is 0 Å². The molecule has 130 valence electrons. The molecule has 1 aromatic rings. The highest BCUT2D eigenvalue weighted by atomic mass is 19.1. The Hall–Kier alpha value is -3.13. The first-order valence-corrected chi connectivity index (χ1v) is 7.45. The molecule has 1 aromatic carbocycles. The topological polar surface area (TPSA) is 98.6 Å². The van der Waals surface area contributed by atoms with Crippen molar-refractivity contribution in [2.75, 3.05) is 29.4 Å². The third kappa shape index (κ3) is 3.38. The van der Waals surface area contributed by atoms with Gasteiger partial charge in [0, 0.05) is 36.2 Å². The molecule has 2 aliphatic heterocycles. The van der Waals surface area contributed by atoms with Crippen LogP contribution in [0.3, 0.4) is 0 Å². The summed E-state index contributed by atoms with van der Waals surface area (Å²) >= 11 is 0. The van der Waals surface area contributed by atoms with Gasteiger partial charge in [-0.25, -0.2) is 13.6 Å². The van der Waals surface area contributed by atoms with E-state index in [0.717, 1.165) is 17.0 Å². The number of carbonyl (C=O) groups is 2. The Labute approximate surface area is 140 Å². The number of azide groups is 1. The number of ether oxygens (including phenoxy) is 1. The van der Waals surface area contributed by atoms with Crippen molar-refractivity contribution in [1.82, 2.24) is 0 Å². The molecule has 8 nitrogen and oxygen atoms in total. The Morgan fingerprint density at radius 2 is 2.00 bits per heavy atom. The van der Waals surface area contributed by atoms with Crippen LogP contribution in [0.1, 0.15) is 6.42 Å². The van der Waals surface area contributed by atoms with Gasteiger partial charge in [-0.1, -0.05) is 5.11 Å². The summed E-state index contributed by atoms with van der Waals surface area (Å²) < 4.78 is 33.8. The molecule has 0 bridgehead atoms. The van der Waals surface area contributed by atoms with Crippen LogP contribution in [0.2, 0.25) is 0 Å². The highest BCUT2D eigenvalue weighted by molar-refractivity contribution is 5.92. The molecule has 0 spiro atoms. The lowest BCUT2D eigenvalue weighted by atomic mass is 10.1. The van der Waals surface area contributed by atoms with E-state index in [-0.39, 0.29) is 43.2 Å². The zero-order valence-electron chi connectivity index (χ0n) is 12.9. The van der Waals surface area contributed by atoms with E-state index in [1.807, 2.05) is 0 Å². The van der Waals surface area contributed by atoms with Crippen LogP contribution in [0.15, 0.2) is 29.5 Å². The van der Waals surface area contributed by atoms with Crippen LogP contribution in [-0.4, -0.2) is 37.6 Å². The lowest BCUT2D eigenvalue weighted by molar-refractivity contribution is -0.114. The highest BCUT2D eigenvalue weighted by Crippen LogP contribution is 2.32. The predicted octanol–water partition coefficient (Wildman–Crippen LogP) is 2.89. The summed E-state index contributed by atoms with van der Waals surface area (Å²) in [6, 6.07) is 1.88. The molecular weight excluding hydrogens is 336 g/mol. The summed E-state index contributed by atoms with van der Waals surface area (Å²) in [4.78, 5) is 28.0. The summed E-state index contributed by atoms with van der Waals surface area (Å²) in [5.74, 6) is -1.62. The predicted molar refractivity (Wildman–Crippen MR) is 84.1 cm³/mol. The third-order valence-electron chi connectivity index (χ3n) is 3.88. The summed E-state index contributed by atoms with van der Waals surface area (Å²) in [5, 5.41) is 3.30. The quantitative estimate of drug-likeness (QED) is 0.474. The number of allylic oxidation sites excluding steroid dienone is 1. The summed E-state index contributed by atoms with van der Waals surface area (Å²) in [6.45, 7) is 0.101. The minimum atomic E-state index is -0.840. The minimum absolute atomic E-state index is 0.0248. The maximum absolute atomic E-state index is 14.5. The van der Waals surface area contributed by atoms with Gasteiger partial charge in [0.2, 0.25) is 0 Å². The summed E-state index contributed by atoms with van der Waals surface area (Å²) in [7, 11) is 0. The average molecular weight is 349 g/mol. The van der Waals surface area contributed by atoms with E-state index >= 15 is 0 Å². The monoisotopic (exact) mass is 349 g/mol. The molecule has 0 N–H and O–H groups in total. The standard InChI is InChI=1S/C15H13F2N5O3/c16-11-6-14(22-8-10(7-19-20-18)25-15(22)24)12(17)5-13(11)21-3-1-9(23)2-4-21/h1,3,5-6,10H,2,4,7-8H2/t10-/m0/s1. The number of benzene rings is 1. The van der Waals surface area contributed by atoms with Gasteiger partial charge in [0.25, 0.3) is 0 Å². The number of carbonyl (C=O) groups excluding carboxylic acids is 2. The normalized spacial score (nSPS) is 19.8. The molecule has 0 saturated carbocycles. The van der Waals surface area contributed by atoms with Crippen molar-refractivity contribution in [2.24, 2.45) is 5.11 Å². The van der Waals surface area contributed by atoms with Crippen molar-refractivity contribution >= 4 is 23.3 Å². The van der Waals surface area contributed by atoms with E-state index in [4.69, 9.17) is 10.3 Å². The van der Waals surface area contributed by atoms with E-state index in [9.17, 15) is 18.4 Å². The number of nitrogens with zero attached hydrogens (tertiary/aromatic N) is 5. The van der Waals surface area contributed by atoms with Crippen LogP contribution < -0.4 is 9.80 Å². The smallest absolute Gasteiger partial charge is 0.414 e. The van der Waals surface area contributed by atoms with Crippen molar-refractivity contribution in [1.29, 1.82) is 0 Å². The first-order chi connectivity index (χ1) is 12.0. The van der Waals surface area contributed by atoms with Crippen molar-refractivity contribution in [2.45, 2.75) is 12.5 Å². The molecule has 1 saturated heterocycles. The van der Waals surface area contributed by atoms with Gasteiger partial charge in [-0.3, -0.25) is 9.69 Å². The molecule has 0 unspecified atom stereocenters. The second-order valence-electron chi connectivity index (χ2n) is 5.51. The van der Waals surface area contributed by atoms with Crippen molar-refractivity contribution in [3.05, 3.63) is 46.5 Å². The Bertz CT molecular complexity index is 807. The molecule has 1 atom stereocenters. The molecule has 0 aliphatic carbocycles. The van der Waals surface area contributed by atoms with E-state index < -0.39 is 23.8 Å². The summed E-state index contributed by atoms with van der Waals surface area (Å²) in [5.41, 5.74) is 8.01. The number of amides is 1. The molecule has 1 fully saturated rings. The second kappa shape index (κ2) is 6.78. The molecular formula is C15H13F2N5O3. The first-order valence-electron chi connectivity index (χ1n) is 7.45. The van der Waals surface area contributed by atoms with Gasteiger partial charge in [-0.15, -0.1) is 0 Å². The number of rotatable bonds is 4. The Kier molecular flexibility index (Phi) is 4.53. The molecule has 2 aliphatic rings. The Balaban J connectivity index is 1.85. The van der Waals surface area contributed by atoms with Crippen LogP contribution in [-0.2, 0) is 9.53 Å². The zero-order chi connectivity index (χ0) is 18.0. The maximum Gasteiger partial charge on any atom is 0.414 e. The van der Waals surface area contributed by atoms with Crippen LogP contribution in [0, 0.1) is 11.6 Å². The third-order valence-corrected chi connectivity index (χ3v) is 3.88. The number of ketones is 1. The van der Waals surface area contributed by atoms with E-state index in [1.165, 1.54) is 17.2 Å². The van der Waals surface area contributed by atoms with Crippen molar-refractivity contribution in [3.63, 3.8) is 0 Å². The van der Waals surface area contributed by atoms with Gasteiger partial charge in [0.1, 0.15) is 17.7 Å². The lowest BCUT2D eigenvalue weighted by Gasteiger charge is -2.24. The van der Waals surface area contributed by atoms with Gasteiger partial charge in [-0.05, 0) is 11.6 Å². The molecule has 0 aromatic heterocycles. The van der Waals surface area contributed by atoms with Crippen LogP contribution in [0.5, 0.6) is 0 Å². The molecule has 3 rings (SSSR count). The number of anilines is 2. The Morgan fingerprint density at radius 1 is 1.28 bits per heavy atom. The maximum atomic E-state index is 14.5. The van der Waals surface area contributed by atoms with Crippen molar-refractivity contribution < 1.29 is 23.1 Å². The fourth-order valence-corrected chi connectivity index (χ4v) is 2.66. The SMILES string of the molecule is [N-]=[N+]=NC[C@H]1CN(c2cc(F)c(N3C=CC(=O)CC3)cc2F)C(=O)O1. The largest absolute Gasteiger partial charge is 0.444 e. The summed E-state index contributed by atoms with van der Waals surface area (Å²) in [6.07, 6.45) is 1.34. The zero-order valence-corrected chi connectivity index (χ0v) is 12.9. The molecule has 1 amide bonds.